The molecule has 1 aromatic heterocycles. The van der Waals surface area contributed by atoms with Gasteiger partial charge in [0.2, 0.25) is 5.91 Å². The van der Waals surface area contributed by atoms with E-state index in [0.29, 0.717) is 10.0 Å². The fourth-order valence-corrected chi connectivity index (χ4v) is 3.07. The summed E-state index contributed by atoms with van der Waals surface area (Å²) in [6.45, 7) is 0.0317. The van der Waals surface area contributed by atoms with Gasteiger partial charge in [-0.1, -0.05) is 35.1 Å². The van der Waals surface area contributed by atoms with Crippen molar-refractivity contribution in [3.63, 3.8) is 0 Å². The Balaban J connectivity index is 2.07. The predicted octanol–water partition coefficient (Wildman–Crippen LogP) is 2.38. The third kappa shape index (κ3) is 2.18. The molecule has 2 aromatic rings. The van der Waals surface area contributed by atoms with Gasteiger partial charge < -0.3 is 15.3 Å². The molecule has 3 rings (SSSR count). The van der Waals surface area contributed by atoms with E-state index in [1.807, 2.05) is 24.3 Å². The van der Waals surface area contributed by atoms with Gasteiger partial charge in [0.25, 0.3) is 0 Å². The average Bonchev–Trinajstić information content (AvgIpc) is 2.79. The van der Waals surface area contributed by atoms with Crippen LogP contribution in [0.5, 0.6) is 0 Å². The molecule has 7 heteroatoms. The number of amides is 1. The number of nitrogens with zero attached hydrogens (tertiary/aromatic N) is 2. The molecule has 0 atom stereocenters. The number of carbonyl (C=O) groups is 1. The SMILES string of the molecule is O=C1CN(c2nc(Cl)c(CO)s2)c2ccccc2N1. The fourth-order valence-electron chi connectivity index (χ4n) is 1.94. The topological polar surface area (TPSA) is 65.5 Å². The lowest BCUT2D eigenvalue weighted by Gasteiger charge is -2.28. The third-order valence-corrected chi connectivity index (χ3v) is 4.27. The minimum absolute atomic E-state index is 0.101. The lowest BCUT2D eigenvalue weighted by atomic mass is 10.2. The minimum Gasteiger partial charge on any atom is -0.391 e. The number of nitrogens with one attached hydrogen (secondary N) is 1. The van der Waals surface area contributed by atoms with E-state index in [-0.39, 0.29) is 24.2 Å². The maximum Gasteiger partial charge on any atom is 0.244 e. The van der Waals surface area contributed by atoms with Crippen molar-refractivity contribution in [1.82, 2.24) is 4.98 Å². The summed E-state index contributed by atoms with van der Waals surface area (Å²) in [6, 6.07) is 7.49. The molecule has 2 heterocycles. The molecule has 0 spiro atoms. The van der Waals surface area contributed by atoms with Gasteiger partial charge in [-0.3, -0.25) is 4.79 Å². The summed E-state index contributed by atoms with van der Waals surface area (Å²) in [5.41, 5.74) is 1.62. The van der Waals surface area contributed by atoms with Gasteiger partial charge in [0.1, 0.15) is 11.7 Å². The molecule has 1 aliphatic rings. The maximum atomic E-state index is 11.7. The normalized spacial score (nSPS) is 14.2. The number of hydrogen-bond donors (Lipinski definition) is 2. The molecule has 98 valence electrons. The van der Waals surface area contributed by atoms with Crippen molar-refractivity contribution in [3.8, 4) is 0 Å². The first kappa shape index (κ1) is 12.4. The van der Waals surface area contributed by atoms with E-state index >= 15 is 0 Å². The lowest BCUT2D eigenvalue weighted by Crippen LogP contribution is -2.34. The quantitative estimate of drug-likeness (QED) is 0.893. The molecule has 19 heavy (non-hydrogen) atoms. The predicted molar refractivity (Wildman–Crippen MR) is 75.1 cm³/mol. The zero-order valence-electron chi connectivity index (χ0n) is 9.76. The molecular formula is C12H10ClN3O2S. The van der Waals surface area contributed by atoms with Crippen LogP contribution in [0.3, 0.4) is 0 Å². The molecule has 1 amide bonds. The van der Waals surface area contributed by atoms with E-state index < -0.39 is 0 Å². The molecule has 1 aromatic carbocycles. The largest absolute Gasteiger partial charge is 0.391 e. The van der Waals surface area contributed by atoms with Gasteiger partial charge in [0.05, 0.1) is 22.9 Å². The highest BCUT2D eigenvalue weighted by Crippen LogP contribution is 2.38. The number of thiazole rings is 1. The van der Waals surface area contributed by atoms with Crippen LogP contribution in [-0.2, 0) is 11.4 Å². The monoisotopic (exact) mass is 295 g/mol. The fraction of sp³-hybridized carbons (Fsp3) is 0.167. The number of anilines is 3. The highest BCUT2D eigenvalue weighted by Gasteiger charge is 2.25. The number of aliphatic hydroxyl groups is 1. The van der Waals surface area contributed by atoms with Gasteiger partial charge in [-0.15, -0.1) is 0 Å². The first-order valence-corrected chi connectivity index (χ1v) is 6.81. The van der Waals surface area contributed by atoms with Crippen molar-refractivity contribution < 1.29 is 9.90 Å². The Hall–Kier alpha value is -1.63. The lowest BCUT2D eigenvalue weighted by molar-refractivity contribution is -0.115. The number of halogens is 1. The van der Waals surface area contributed by atoms with Crippen molar-refractivity contribution in [2.45, 2.75) is 6.61 Å². The first-order valence-electron chi connectivity index (χ1n) is 5.61. The number of benzene rings is 1. The zero-order valence-corrected chi connectivity index (χ0v) is 11.3. The van der Waals surface area contributed by atoms with Crippen LogP contribution in [0.4, 0.5) is 16.5 Å². The summed E-state index contributed by atoms with van der Waals surface area (Å²) in [5.74, 6) is -0.101. The second-order valence-electron chi connectivity index (χ2n) is 4.02. The highest BCUT2D eigenvalue weighted by atomic mass is 35.5. The number of aromatic nitrogens is 1. The summed E-state index contributed by atoms with van der Waals surface area (Å²) in [7, 11) is 0. The number of fused-ring (bicyclic) bond motifs is 1. The summed E-state index contributed by atoms with van der Waals surface area (Å²) >= 11 is 7.22. The molecule has 2 N–H and O–H groups in total. The Morgan fingerprint density at radius 3 is 3.00 bits per heavy atom. The molecule has 0 unspecified atom stereocenters. The standard InChI is InChI=1S/C12H10ClN3O2S/c13-11-9(6-17)19-12(15-11)16-5-10(18)14-7-3-1-2-4-8(7)16/h1-4,17H,5-6H2,(H,14,18). The summed E-state index contributed by atoms with van der Waals surface area (Å²) in [4.78, 5) is 18.3. The van der Waals surface area contributed by atoms with Crippen molar-refractivity contribution in [1.29, 1.82) is 0 Å². The van der Waals surface area contributed by atoms with E-state index in [9.17, 15) is 4.79 Å². The van der Waals surface area contributed by atoms with E-state index in [4.69, 9.17) is 16.7 Å². The molecule has 0 radical (unpaired) electrons. The molecular weight excluding hydrogens is 286 g/mol. The number of carbonyl (C=O) groups excluding carboxylic acids is 1. The molecule has 0 saturated carbocycles. The van der Waals surface area contributed by atoms with Crippen LogP contribution in [0.25, 0.3) is 0 Å². The van der Waals surface area contributed by atoms with Crippen LogP contribution >= 0.6 is 22.9 Å². The molecule has 0 saturated heterocycles. The number of hydrogen-bond acceptors (Lipinski definition) is 5. The van der Waals surface area contributed by atoms with Crippen LogP contribution in [-0.4, -0.2) is 22.5 Å². The van der Waals surface area contributed by atoms with E-state index in [2.05, 4.69) is 10.3 Å². The summed E-state index contributed by atoms with van der Waals surface area (Å²) in [5, 5.41) is 12.9. The average molecular weight is 296 g/mol. The van der Waals surface area contributed by atoms with Gasteiger partial charge in [-0.2, -0.15) is 0 Å². The van der Waals surface area contributed by atoms with Gasteiger partial charge in [-0.25, -0.2) is 4.98 Å². The number of rotatable bonds is 2. The van der Waals surface area contributed by atoms with Crippen LogP contribution in [0.15, 0.2) is 24.3 Å². The zero-order chi connectivity index (χ0) is 13.4. The second-order valence-corrected chi connectivity index (χ2v) is 5.44. The van der Waals surface area contributed by atoms with Crippen LogP contribution in [0.1, 0.15) is 4.88 Å². The molecule has 0 fully saturated rings. The Morgan fingerprint density at radius 1 is 1.47 bits per heavy atom. The molecule has 0 bridgehead atoms. The van der Waals surface area contributed by atoms with E-state index in [1.54, 1.807) is 4.90 Å². The minimum atomic E-state index is -0.155. The maximum absolute atomic E-state index is 11.7. The van der Waals surface area contributed by atoms with Crippen molar-refractivity contribution >= 4 is 45.4 Å². The Morgan fingerprint density at radius 2 is 2.26 bits per heavy atom. The van der Waals surface area contributed by atoms with E-state index in [1.165, 1.54) is 11.3 Å². The second kappa shape index (κ2) is 4.80. The Labute approximate surface area is 118 Å². The number of para-hydroxylation sites is 2. The summed E-state index contributed by atoms with van der Waals surface area (Å²) in [6.07, 6.45) is 0. The highest BCUT2D eigenvalue weighted by molar-refractivity contribution is 7.16. The Bertz CT molecular complexity index is 644. The Kier molecular flexibility index (Phi) is 3.14. The van der Waals surface area contributed by atoms with Crippen LogP contribution in [0, 0.1) is 0 Å². The number of aliphatic hydroxyl groups excluding tert-OH is 1. The van der Waals surface area contributed by atoms with Crippen LogP contribution < -0.4 is 10.2 Å². The van der Waals surface area contributed by atoms with Gasteiger partial charge in [-0.05, 0) is 12.1 Å². The van der Waals surface area contributed by atoms with Crippen molar-refractivity contribution in [2.24, 2.45) is 0 Å². The van der Waals surface area contributed by atoms with Crippen molar-refractivity contribution in [2.75, 3.05) is 16.8 Å². The molecule has 1 aliphatic heterocycles. The van der Waals surface area contributed by atoms with Gasteiger partial charge >= 0.3 is 0 Å². The first-order chi connectivity index (χ1) is 9.19. The third-order valence-electron chi connectivity index (χ3n) is 2.78. The van der Waals surface area contributed by atoms with Crippen LogP contribution in [0.2, 0.25) is 5.15 Å². The smallest absolute Gasteiger partial charge is 0.244 e. The molecule has 0 aliphatic carbocycles. The van der Waals surface area contributed by atoms with Gasteiger partial charge in [0.15, 0.2) is 5.13 Å². The van der Waals surface area contributed by atoms with E-state index in [0.717, 1.165) is 11.4 Å². The van der Waals surface area contributed by atoms with Crippen molar-refractivity contribution in [3.05, 3.63) is 34.3 Å². The van der Waals surface area contributed by atoms with Gasteiger partial charge in [0, 0.05) is 0 Å². The summed E-state index contributed by atoms with van der Waals surface area (Å²) < 4.78 is 0. The molecule has 5 nitrogen and oxygen atoms in total.